The summed E-state index contributed by atoms with van der Waals surface area (Å²) in [6.45, 7) is 19.9. The zero-order valence-electron chi connectivity index (χ0n) is 45.9. The van der Waals surface area contributed by atoms with Gasteiger partial charge in [0.25, 0.3) is 0 Å². The molecule has 0 aliphatic carbocycles. The zero-order chi connectivity index (χ0) is 58.3. The molecule has 0 aliphatic heterocycles. The molecule has 0 unspecified atom stereocenters. The molecule has 11 atom stereocenters. The SMILES string of the molecule is CC[C@H](C)[C@H](NC(=O)[C@H](CC(C)C)NC(=O)[C@@H](N)Cc1ccc(O)cc1)C(=O)N[C@@H](C)C(=O)N[C@@H](CC(C)C)C(=O)N[C@@H](C)C(=O)N[C@H](C(=O)N[C@@H](CS)C(=O)N[C@@H](CCC(N)=O)C(=O)N[C@H](C(=O)O)C(C)C)C(C)C. The zero-order valence-corrected chi connectivity index (χ0v) is 46.8. The molecule has 25 heteroatoms. The quantitative estimate of drug-likeness (QED) is 0.0391. The van der Waals surface area contributed by atoms with Crippen LogP contribution in [0, 0.1) is 29.6 Å². The van der Waals surface area contributed by atoms with Crippen LogP contribution in [0.15, 0.2) is 24.3 Å². The fourth-order valence-electron chi connectivity index (χ4n) is 7.53. The Balaban J connectivity index is 3.12. The van der Waals surface area contributed by atoms with Gasteiger partial charge in [-0.3, -0.25) is 47.9 Å². The van der Waals surface area contributed by atoms with Crippen molar-refractivity contribution in [1.82, 2.24) is 47.9 Å². The number of phenolic OH excluding ortho intramolecular Hbond substituents is 1. The molecular formula is C51H85N11O13S. The van der Waals surface area contributed by atoms with E-state index in [-0.39, 0.29) is 55.4 Å². The Bertz CT molecular complexity index is 2160. The second-order valence-electron chi connectivity index (χ2n) is 20.8. The van der Waals surface area contributed by atoms with Crippen LogP contribution in [-0.2, 0) is 59.2 Å². The van der Waals surface area contributed by atoms with E-state index in [0.29, 0.717) is 12.0 Å². The van der Waals surface area contributed by atoms with Crippen LogP contribution >= 0.6 is 12.6 Å². The normalized spacial score (nSPS) is 15.7. The maximum atomic E-state index is 13.8. The Morgan fingerprint density at radius 3 is 1.37 bits per heavy atom. The summed E-state index contributed by atoms with van der Waals surface area (Å²) in [5.74, 6) is -11.0. The standard InChI is InChI=1S/C51H85N11O13S/c1-13-28(10)41(62-47(70)36(21-25(4)5)58-44(67)33(52)22-31-14-16-32(63)17-15-31)50(73)55-29(11)42(65)57-35(20-24(2)3)46(69)54-30(12)43(66)60-39(26(6)7)49(72)59-37(23-76)48(71)56-34(18-19-38(53)64)45(68)61-40(27(8)9)51(74)75/h14-17,24-30,33-37,39-41,63,76H,13,18-23,52H2,1-12H3,(H2,53,64)(H,54,69)(H,55,73)(H,56,71)(H,57,65)(H,58,67)(H,59,72)(H,60,66)(H,61,68)(H,62,70)(H,74,75)/t28-,29-,30-,33-,34-,35-,36-,37-,39-,40-,41-/m0/s1. The van der Waals surface area contributed by atoms with Gasteiger partial charge in [0.2, 0.25) is 59.1 Å². The largest absolute Gasteiger partial charge is 0.508 e. The molecule has 1 rings (SSSR count). The summed E-state index contributed by atoms with van der Waals surface area (Å²) in [6, 6.07) is -6.18. The van der Waals surface area contributed by atoms with Crippen molar-refractivity contribution in [2.75, 3.05) is 5.75 Å². The lowest BCUT2D eigenvalue weighted by Gasteiger charge is -2.29. The van der Waals surface area contributed by atoms with Gasteiger partial charge in [0, 0.05) is 12.2 Å². The molecule has 24 nitrogen and oxygen atoms in total. The van der Waals surface area contributed by atoms with Crippen molar-refractivity contribution >= 4 is 77.7 Å². The van der Waals surface area contributed by atoms with Crippen molar-refractivity contribution in [2.24, 2.45) is 41.1 Å². The number of carboxylic acids is 1. The predicted molar refractivity (Wildman–Crippen MR) is 286 cm³/mol. The number of carbonyl (C=O) groups excluding carboxylic acids is 10. The van der Waals surface area contributed by atoms with Gasteiger partial charge in [0.15, 0.2) is 0 Å². The molecule has 15 N–H and O–H groups in total. The molecule has 0 heterocycles. The van der Waals surface area contributed by atoms with E-state index in [9.17, 15) is 63.0 Å². The highest BCUT2D eigenvalue weighted by molar-refractivity contribution is 7.80. The second-order valence-corrected chi connectivity index (χ2v) is 21.2. The van der Waals surface area contributed by atoms with Gasteiger partial charge in [-0.25, -0.2) is 4.79 Å². The number of nitrogens with one attached hydrogen (secondary N) is 9. The molecule has 10 amide bonds. The third kappa shape index (κ3) is 23.6. The van der Waals surface area contributed by atoms with E-state index in [2.05, 4.69) is 60.5 Å². The minimum Gasteiger partial charge on any atom is -0.508 e. The van der Waals surface area contributed by atoms with Crippen LogP contribution in [0.1, 0.15) is 121 Å². The number of carbonyl (C=O) groups is 11. The smallest absolute Gasteiger partial charge is 0.326 e. The first-order valence-electron chi connectivity index (χ1n) is 25.7. The molecule has 0 aromatic heterocycles. The maximum Gasteiger partial charge on any atom is 0.326 e. The number of thiol groups is 1. The molecule has 0 saturated carbocycles. The molecule has 76 heavy (non-hydrogen) atoms. The van der Waals surface area contributed by atoms with E-state index in [1.165, 1.54) is 26.0 Å². The summed E-state index contributed by atoms with van der Waals surface area (Å²) in [5, 5.41) is 42.3. The van der Waals surface area contributed by atoms with E-state index >= 15 is 0 Å². The average Bonchev–Trinajstić information content (AvgIpc) is 3.33. The Labute approximate surface area is 451 Å². The van der Waals surface area contributed by atoms with Gasteiger partial charge in [0.1, 0.15) is 60.1 Å². The number of aliphatic carboxylic acids is 1. The number of benzene rings is 1. The summed E-state index contributed by atoms with van der Waals surface area (Å²) in [4.78, 5) is 145. The molecular weight excluding hydrogens is 1010 g/mol. The van der Waals surface area contributed by atoms with Crippen molar-refractivity contribution < 1.29 is 63.0 Å². The van der Waals surface area contributed by atoms with E-state index in [1.807, 2.05) is 20.8 Å². The van der Waals surface area contributed by atoms with Crippen LogP contribution in [0.3, 0.4) is 0 Å². The molecule has 0 saturated heterocycles. The Hall–Kier alpha value is -6.50. The average molecular weight is 1090 g/mol. The van der Waals surface area contributed by atoms with Gasteiger partial charge >= 0.3 is 5.97 Å². The van der Waals surface area contributed by atoms with Gasteiger partial charge in [-0.1, -0.05) is 87.8 Å². The minimum absolute atomic E-state index is 0.0533. The van der Waals surface area contributed by atoms with Gasteiger partial charge in [-0.2, -0.15) is 12.6 Å². The Morgan fingerprint density at radius 2 is 0.908 bits per heavy atom. The topological polar surface area (TPSA) is 389 Å². The molecule has 0 spiro atoms. The van der Waals surface area contributed by atoms with Gasteiger partial charge in [-0.05, 0) is 86.8 Å². The first kappa shape index (κ1) is 67.5. The third-order valence-electron chi connectivity index (χ3n) is 12.3. The van der Waals surface area contributed by atoms with Crippen LogP contribution in [0.5, 0.6) is 5.75 Å². The fourth-order valence-corrected chi connectivity index (χ4v) is 7.79. The lowest BCUT2D eigenvalue weighted by Crippen LogP contribution is -2.61. The van der Waals surface area contributed by atoms with Crippen LogP contribution < -0.4 is 59.3 Å². The lowest BCUT2D eigenvalue weighted by molar-refractivity contribution is -0.143. The van der Waals surface area contributed by atoms with E-state index in [1.54, 1.807) is 60.6 Å². The first-order chi connectivity index (χ1) is 35.3. The number of aromatic hydroxyl groups is 1. The molecule has 0 aliphatic rings. The number of rotatable bonds is 33. The van der Waals surface area contributed by atoms with Gasteiger partial charge in [-0.15, -0.1) is 0 Å². The van der Waals surface area contributed by atoms with Crippen molar-refractivity contribution in [2.45, 2.75) is 182 Å². The molecule has 0 radical (unpaired) electrons. The number of nitrogens with two attached hydrogens (primary N) is 2. The van der Waals surface area contributed by atoms with E-state index in [0.717, 1.165) is 0 Å². The summed E-state index contributed by atoms with van der Waals surface area (Å²) >= 11 is 4.18. The second kappa shape index (κ2) is 32.8. The Morgan fingerprint density at radius 1 is 0.513 bits per heavy atom. The van der Waals surface area contributed by atoms with Crippen LogP contribution in [0.4, 0.5) is 0 Å². The summed E-state index contributed by atoms with van der Waals surface area (Å²) in [7, 11) is 0. The van der Waals surface area contributed by atoms with Crippen molar-refractivity contribution in [3.05, 3.63) is 29.8 Å². The minimum atomic E-state index is -1.43. The highest BCUT2D eigenvalue weighted by Crippen LogP contribution is 2.15. The number of carboxylic acid groups (broad SMARTS) is 1. The number of amides is 10. The van der Waals surface area contributed by atoms with Crippen molar-refractivity contribution in [3.63, 3.8) is 0 Å². The highest BCUT2D eigenvalue weighted by atomic mass is 32.1. The number of primary amides is 1. The monoisotopic (exact) mass is 1090 g/mol. The molecule has 1 aromatic carbocycles. The Kier molecular flexibility index (Phi) is 29.2. The molecule has 0 fully saturated rings. The van der Waals surface area contributed by atoms with Gasteiger partial charge in [0.05, 0.1) is 6.04 Å². The van der Waals surface area contributed by atoms with Crippen LogP contribution in [0.2, 0.25) is 0 Å². The van der Waals surface area contributed by atoms with Crippen molar-refractivity contribution in [1.29, 1.82) is 0 Å². The van der Waals surface area contributed by atoms with E-state index < -0.39 is 143 Å². The number of hydrogen-bond donors (Lipinski definition) is 14. The predicted octanol–water partition coefficient (Wildman–Crippen LogP) is -0.605. The lowest BCUT2D eigenvalue weighted by atomic mass is 9.96. The molecule has 428 valence electrons. The molecule has 0 bridgehead atoms. The van der Waals surface area contributed by atoms with Crippen molar-refractivity contribution in [3.8, 4) is 5.75 Å². The maximum absolute atomic E-state index is 13.8. The fraction of sp³-hybridized carbons (Fsp3) is 0.667. The number of phenols is 1. The third-order valence-corrected chi connectivity index (χ3v) is 12.7. The van der Waals surface area contributed by atoms with E-state index in [4.69, 9.17) is 11.5 Å². The van der Waals surface area contributed by atoms with Gasteiger partial charge < -0.3 is 69.5 Å². The first-order valence-corrected chi connectivity index (χ1v) is 26.4. The van der Waals surface area contributed by atoms with Crippen LogP contribution in [0.25, 0.3) is 0 Å². The van der Waals surface area contributed by atoms with Crippen LogP contribution in [-0.4, -0.2) is 141 Å². The summed E-state index contributed by atoms with van der Waals surface area (Å²) in [6.07, 6.45) is 0.258. The number of hydrogen-bond acceptors (Lipinski definition) is 14. The highest BCUT2D eigenvalue weighted by Gasteiger charge is 2.36. The summed E-state index contributed by atoms with van der Waals surface area (Å²) < 4.78 is 0. The summed E-state index contributed by atoms with van der Waals surface area (Å²) in [5.41, 5.74) is 12.1. The molecule has 1 aromatic rings.